The van der Waals surface area contributed by atoms with E-state index >= 15 is 0 Å². The zero-order valence-electron chi connectivity index (χ0n) is 15.8. The number of hydrogen-bond acceptors (Lipinski definition) is 7. The number of carbonyl (C=O) groups is 1. The van der Waals surface area contributed by atoms with Crippen LogP contribution < -0.4 is 9.47 Å². The first-order valence-electron chi connectivity index (χ1n) is 8.62. The topological polar surface area (TPSA) is 109 Å². The standard InChI is InChI=1S/C20H18N4O5/c1-14(25)3-4-15-5-10-19(20(11-15)28-2)29-13-16-12-23(22-21-16)17-6-8-18(9-7-17)24(26)27/h3-12H,13H2,1-2H3/b4-3+. The van der Waals surface area contributed by atoms with Gasteiger partial charge in [-0.1, -0.05) is 17.4 Å². The Hall–Kier alpha value is -4.01. The van der Waals surface area contributed by atoms with Crippen molar-refractivity contribution in [2.45, 2.75) is 13.5 Å². The first-order chi connectivity index (χ1) is 14.0. The lowest BCUT2D eigenvalue weighted by Crippen LogP contribution is -1.98. The maximum absolute atomic E-state index is 11.1. The van der Waals surface area contributed by atoms with Crippen LogP contribution in [0.25, 0.3) is 11.8 Å². The lowest BCUT2D eigenvalue weighted by molar-refractivity contribution is -0.384. The Bertz CT molecular complexity index is 1060. The van der Waals surface area contributed by atoms with Crippen molar-refractivity contribution in [2.24, 2.45) is 0 Å². The normalized spacial score (nSPS) is 10.8. The summed E-state index contributed by atoms with van der Waals surface area (Å²) in [5.74, 6) is 1.01. The lowest BCUT2D eigenvalue weighted by Gasteiger charge is -2.10. The molecule has 1 aromatic heterocycles. The number of nitro benzene ring substituents is 1. The number of benzene rings is 2. The summed E-state index contributed by atoms with van der Waals surface area (Å²) in [4.78, 5) is 21.3. The molecule has 0 aliphatic heterocycles. The third kappa shape index (κ3) is 5.04. The second-order valence-electron chi connectivity index (χ2n) is 6.07. The van der Waals surface area contributed by atoms with E-state index in [0.29, 0.717) is 22.9 Å². The first-order valence-corrected chi connectivity index (χ1v) is 8.62. The molecule has 0 aliphatic rings. The van der Waals surface area contributed by atoms with Gasteiger partial charge in [0.05, 0.1) is 23.9 Å². The predicted molar refractivity (Wildman–Crippen MR) is 105 cm³/mol. The second kappa shape index (κ2) is 8.79. The number of hydrogen-bond donors (Lipinski definition) is 0. The Labute approximate surface area is 166 Å². The molecule has 0 spiro atoms. The van der Waals surface area contributed by atoms with Gasteiger partial charge < -0.3 is 9.47 Å². The smallest absolute Gasteiger partial charge is 0.269 e. The highest BCUT2D eigenvalue weighted by Crippen LogP contribution is 2.29. The average molecular weight is 394 g/mol. The van der Waals surface area contributed by atoms with Gasteiger partial charge in [-0.2, -0.15) is 0 Å². The third-order valence-electron chi connectivity index (χ3n) is 3.94. The molecule has 1 heterocycles. The monoisotopic (exact) mass is 394 g/mol. The van der Waals surface area contributed by atoms with E-state index in [1.165, 1.54) is 36.9 Å². The summed E-state index contributed by atoms with van der Waals surface area (Å²) in [7, 11) is 1.53. The number of allylic oxidation sites excluding steroid dienone is 1. The summed E-state index contributed by atoms with van der Waals surface area (Å²) < 4.78 is 12.6. The van der Waals surface area contributed by atoms with Gasteiger partial charge in [-0.3, -0.25) is 14.9 Å². The van der Waals surface area contributed by atoms with Gasteiger partial charge in [-0.15, -0.1) is 5.10 Å². The van der Waals surface area contributed by atoms with E-state index in [2.05, 4.69) is 10.3 Å². The summed E-state index contributed by atoms with van der Waals surface area (Å²) in [6.07, 6.45) is 4.86. The van der Waals surface area contributed by atoms with Crippen LogP contribution in [-0.2, 0) is 11.4 Å². The number of ketones is 1. The molecule has 3 rings (SSSR count). The van der Waals surface area contributed by atoms with Crippen molar-refractivity contribution in [1.82, 2.24) is 15.0 Å². The highest BCUT2D eigenvalue weighted by Gasteiger charge is 2.09. The van der Waals surface area contributed by atoms with Crippen molar-refractivity contribution in [2.75, 3.05) is 7.11 Å². The minimum Gasteiger partial charge on any atom is -0.493 e. The van der Waals surface area contributed by atoms with E-state index in [-0.39, 0.29) is 18.1 Å². The molecule has 0 amide bonds. The van der Waals surface area contributed by atoms with Crippen LogP contribution >= 0.6 is 0 Å². The van der Waals surface area contributed by atoms with Gasteiger partial charge in [0.15, 0.2) is 17.3 Å². The molecule has 29 heavy (non-hydrogen) atoms. The van der Waals surface area contributed by atoms with Crippen molar-refractivity contribution in [3.05, 3.63) is 76.1 Å². The molecule has 0 saturated carbocycles. The van der Waals surface area contributed by atoms with E-state index in [1.54, 1.807) is 36.5 Å². The number of rotatable bonds is 8. The summed E-state index contributed by atoms with van der Waals surface area (Å²) >= 11 is 0. The van der Waals surface area contributed by atoms with Gasteiger partial charge >= 0.3 is 0 Å². The number of nitrogens with zero attached hydrogens (tertiary/aromatic N) is 4. The Morgan fingerprint density at radius 1 is 1.21 bits per heavy atom. The van der Waals surface area contributed by atoms with Crippen molar-refractivity contribution < 1.29 is 19.2 Å². The fourth-order valence-corrected chi connectivity index (χ4v) is 2.49. The van der Waals surface area contributed by atoms with Gasteiger partial charge in [-0.25, -0.2) is 4.68 Å². The fourth-order valence-electron chi connectivity index (χ4n) is 2.49. The van der Waals surface area contributed by atoms with Crippen LogP contribution in [0.2, 0.25) is 0 Å². The molecule has 0 fully saturated rings. The van der Waals surface area contributed by atoms with E-state index < -0.39 is 4.92 Å². The molecule has 148 valence electrons. The first kappa shape index (κ1) is 19.7. The summed E-state index contributed by atoms with van der Waals surface area (Å²) in [5.41, 5.74) is 2.04. The molecule has 9 nitrogen and oxygen atoms in total. The Morgan fingerprint density at radius 3 is 2.62 bits per heavy atom. The van der Waals surface area contributed by atoms with Crippen LogP contribution in [0.5, 0.6) is 11.5 Å². The number of carbonyl (C=O) groups excluding carboxylic acids is 1. The van der Waals surface area contributed by atoms with Crippen LogP contribution in [0, 0.1) is 10.1 Å². The van der Waals surface area contributed by atoms with E-state index in [0.717, 1.165) is 5.56 Å². The van der Waals surface area contributed by atoms with Crippen LogP contribution in [-0.4, -0.2) is 32.8 Å². The summed E-state index contributed by atoms with van der Waals surface area (Å²) in [5, 5.41) is 18.8. The van der Waals surface area contributed by atoms with Crippen LogP contribution in [0.3, 0.4) is 0 Å². The van der Waals surface area contributed by atoms with E-state index in [4.69, 9.17) is 9.47 Å². The van der Waals surface area contributed by atoms with Gasteiger partial charge in [0, 0.05) is 12.1 Å². The SMILES string of the molecule is COc1cc(/C=C/C(C)=O)ccc1OCc1cn(-c2ccc([N+](=O)[O-])cc2)nn1. The number of ether oxygens (including phenoxy) is 2. The molecule has 0 saturated heterocycles. The second-order valence-corrected chi connectivity index (χ2v) is 6.07. The fraction of sp³-hybridized carbons (Fsp3) is 0.150. The quantitative estimate of drug-likeness (QED) is 0.327. The minimum atomic E-state index is -0.459. The molecule has 0 bridgehead atoms. The molecule has 9 heteroatoms. The molecule has 2 aromatic carbocycles. The van der Waals surface area contributed by atoms with Gasteiger partial charge in [0.1, 0.15) is 12.3 Å². The Kier molecular flexibility index (Phi) is 5.98. The van der Waals surface area contributed by atoms with Crippen molar-refractivity contribution in [3.8, 4) is 17.2 Å². The number of aromatic nitrogens is 3. The predicted octanol–water partition coefficient (Wildman–Crippen LogP) is 3.37. The van der Waals surface area contributed by atoms with Crippen LogP contribution in [0.1, 0.15) is 18.2 Å². The lowest BCUT2D eigenvalue weighted by atomic mass is 10.1. The zero-order valence-corrected chi connectivity index (χ0v) is 15.8. The molecular formula is C20H18N4O5. The molecule has 0 unspecified atom stereocenters. The van der Waals surface area contributed by atoms with Crippen molar-refractivity contribution in [3.63, 3.8) is 0 Å². The highest BCUT2D eigenvalue weighted by atomic mass is 16.6. The Morgan fingerprint density at radius 2 is 1.97 bits per heavy atom. The van der Waals surface area contributed by atoms with Gasteiger partial charge in [-0.05, 0) is 42.8 Å². The Balaban J connectivity index is 1.69. The number of methoxy groups -OCH3 is 1. The molecule has 0 radical (unpaired) electrons. The van der Waals surface area contributed by atoms with E-state index in [9.17, 15) is 14.9 Å². The van der Waals surface area contributed by atoms with Crippen LogP contribution in [0.4, 0.5) is 5.69 Å². The van der Waals surface area contributed by atoms with Gasteiger partial charge in [0.25, 0.3) is 5.69 Å². The number of nitro groups is 1. The molecule has 0 N–H and O–H groups in total. The largest absolute Gasteiger partial charge is 0.493 e. The minimum absolute atomic E-state index is 0.00566. The molecule has 0 atom stereocenters. The van der Waals surface area contributed by atoms with Crippen molar-refractivity contribution in [1.29, 1.82) is 0 Å². The molecule has 0 aliphatic carbocycles. The molecular weight excluding hydrogens is 376 g/mol. The zero-order chi connectivity index (χ0) is 20.8. The summed E-state index contributed by atoms with van der Waals surface area (Å²) in [6, 6.07) is 11.3. The van der Waals surface area contributed by atoms with Crippen molar-refractivity contribution >= 4 is 17.5 Å². The maximum atomic E-state index is 11.1. The third-order valence-corrected chi connectivity index (χ3v) is 3.94. The van der Waals surface area contributed by atoms with Gasteiger partial charge in [0.2, 0.25) is 0 Å². The number of non-ortho nitro benzene ring substituents is 1. The molecule has 3 aromatic rings. The van der Waals surface area contributed by atoms with E-state index in [1.807, 2.05) is 6.07 Å². The summed E-state index contributed by atoms with van der Waals surface area (Å²) in [6.45, 7) is 1.64. The van der Waals surface area contributed by atoms with Crippen LogP contribution in [0.15, 0.2) is 54.7 Å². The highest BCUT2D eigenvalue weighted by molar-refractivity contribution is 5.91. The average Bonchev–Trinajstić information content (AvgIpc) is 3.20. The maximum Gasteiger partial charge on any atom is 0.269 e.